The Morgan fingerprint density at radius 1 is 1.57 bits per heavy atom. The van der Waals surface area contributed by atoms with Gasteiger partial charge >= 0.3 is 0 Å². The summed E-state index contributed by atoms with van der Waals surface area (Å²) in [5.74, 6) is 0.708. The molecule has 0 bridgehead atoms. The molecule has 14 heavy (non-hydrogen) atoms. The molecule has 0 unspecified atom stereocenters. The minimum Gasteiger partial charge on any atom is -0.494 e. The molecular weight excluding hydrogens is 265 g/mol. The van der Waals surface area contributed by atoms with Crippen molar-refractivity contribution in [1.82, 2.24) is 0 Å². The van der Waals surface area contributed by atoms with E-state index in [0.29, 0.717) is 10.8 Å². The lowest BCUT2D eigenvalue weighted by Crippen LogP contribution is -2.12. The maximum Gasteiger partial charge on any atom is 0.153 e. The maximum atomic E-state index is 6.08. The smallest absolute Gasteiger partial charge is 0.153 e. The van der Waals surface area contributed by atoms with E-state index in [0.717, 1.165) is 29.5 Å². The Hall–Kier alpha value is -0.410. The highest BCUT2D eigenvalue weighted by molar-refractivity contribution is 9.10. The fourth-order valence-electron chi connectivity index (χ4n) is 1.72. The van der Waals surface area contributed by atoms with E-state index >= 15 is 0 Å². The molecule has 0 saturated carbocycles. The van der Waals surface area contributed by atoms with Gasteiger partial charge < -0.3 is 10.1 Å². The van der Waals surface area contributed by atoms with Crippen LogP contribution in [0.15, 0.2) is 10.5 Å². The quantitative estimate of drug-likeness (QED) is 0.848. The van der Waals surface area contributed by atoms with E-state index < -0.39 is 0 Å². The van der Waals surface area contributed by atoms with Crippen molar-refractivity contribution in [3.05, 3.63) is 21.1 Å². The average molecular weight is 277 g/mol. The van der Waals surface area contributed by atoms with Crippen LogP contribution in [0.25, 0.3) is 0 Å². The lowest BCUT2D eigenvalue weighted by atomic mass is 10.0. The number of nitrogens with one attached hydrogen (secondary N) is 1. The van der Waals surface area contributed by atoms with Gasteiger partial charge in [-0.15, -0.1) is 0 Å². The van der Waals surface area contributed by atoms with Gasteiger partial charge in [0.05, 0.1) is 22.3 Å². The van der Waals surface area contributed by atoms with Crippen LogP contribution in [0.3, 0.4) is 0 Å². The van der Waals surface area contributed by atoms with Gasteiger partial charge in [0.25, 0.3) is 0 Å². The number of rotatable bonds is 1. The summed E-state index contributed by atoms with van der Waals surface area (Å²) < 4.78 is 6.16. The van der Waals surface area contributed by atoms with Gasteiger partial charge in [0.2, 0.25) is 0 Å². The third-order valence-electron chi connectivity index (χ3n) is 2.39. The van der Waals surface area contributed by atoms with Crippen molar-refractivity contribution in [1.29, 1.82) is 0 Å². The van der Waals surface area contributed by atoms with Crippen LogP contribution in [0, 0.1) is 0 Å². The van der Waals surface area contributed by atoms with Crippen LogP contribution >= 0.6 is 27.5 Å². The van der Waals surface area contributed by atoms with Crippen LogP contribution < -0.4 is 10.1 Å². The number of halogens is 2. The third-order valence-corrected chi connectivity index (χ3v) is 3.42. The fraction of sp³-hybridized carbons (Fsp3) is 0.400. The molecule has 0 spiro atoms. The Kier molecular flexibility index (Phi) is 2.88. The van der Waals surface area contributed by atoms with Gasteiger partial charge in [0, 0.05) is 6.54 Å². The Labute approximate surface area is 96.7 Å². The third kappa shape index (κ3) is 1.59. The molecule has 1 aliphatic rings. The van der Waals surface area contributed by atoms with E-state index in [2.05, 4.69) is 21.2 Å². The molecular formula is C10H11BrClNO. The Balaban J connectivity index is 2.57. The van der Waals surface area contributed by atoms with Crippen LogP contribution in [-0.4, -0.2) is 13.7 Å². The van der Waals surface area contributed by atoms with Gasteiger partial charge in [0.1, 0.15) is 0 Å². The molecule has 0 atom stereocenters. The molecule has 0 aliphatic carbocycles. The second-order valence-electron chi connectivity index (χ2n) is 3.27. The predicted octanol–water partition coefficient (Wildman–Crippen LogP) is 3.47. The number of methoxy groups -OCH3 is 1. The summed E-state index contributed by atoms with van der Waals surface area (Å²) in [6, 6.07) is 1.98. The summed E-state index contributed by atoms with van der Waals surface area (Å²) in [5.41, 5.74) is 2.38. The molecule has 4 heteroatoms. The monoisotopic (exact) mass is 275 g/mol. The Morgan fingerprint density at radius 3 is 3.07 bits per heavy atom. The van der Waals surface area contributed by atoms with E-state index in [9.17, 15) is 0 Å². The van der Waals surface area contributed by atoms with E-state index in [1.807, 2.05) is 6.07 Å². The number of benzene rings is 1. The highest BCUT2D eigenvalue weighted by atomic mass is 79.9. The first kappa shape index (κ1) is 10.1. The molecule has 76 valence electrons. The SMILES string of the molecule is COc1c(Cl)cc2c(c1Br)NCCC2. The summed E-state index contributed by atoms with van der Waals surface area (Å²) >= 11 is 9.59. The van der Waals surface area contributed by atoms with Gasteiger partial charge in [-0.3, -0.25) is 0 Å². The highest BCUT2D eigenvalue weighted by Crippen LogP contribution is 2.42. The molecule has 1 aromatic carbocycles. The number of aryl methyl sites for hydroxylation is 1. The van der Waals surface area contributed by atoms with E-state index in [-0.39, 0.29) is 0 Å². The number of hydrogen-bond acceptors (Lipinski definition) is 2. The zero-order valence-corrected chi connectivity index (χ0v) is 10.2. The zero-order chi connectivity index (χ0) is 10.1. The normalized spacial score (nSPS) is 14.5. The average Bonchev–Trinajstić information content (AvgIpc) is 2.18. The van der Waals surface area contributed by atoms with Crippen molar-refractivity contribution < 1.29 is 4.74 Å². The molecule has 1 heterocycles. The molecule has 0 aromatic heterocycles. The molecule has 0 fully saturated rings. The van der Waals surface area contributed by atoms with E-state index in [1.54, 1.807) is 7.11 Å². The highest BCUT2D eigenvalue weighted by Gasteiger charge is 2.18. The Bertz CT molecular complexity index is 368. The van der Waals surface area contributed by atoms with Gasteiger partial charge in [-0.1, -0.05) is 11.6 Å². The Morgan fingerprint density at radius 2 is 2.36 bits per heavy atom. The summed E-state index contributed by atoms with van der Waals surface area (Å²) in [5, 5.41) is 4.02. The first-order valence-electron chi connectivity index (χ1n) is 4.52. The first-order valence-corrected chi connectivity index (χ1v) is 5.70. The molecule has 2 nitrogen and oxygen atoms in total. The van der Waals surface area contributed by atoms with Gasteiger partial charge in [-0.05, 0) is 40.4 Å². The van der Waals surface area contributed by atoms with Gasteiger partial charge in [-0.2, -0.15) is 0 Å². The van der Waals surface area contributed by atoms with Crippen molar-refractivity contribution in [3.63, 3.8) is 0 Å². The summed E-state index contributed by atoms with van der Waals surface area (Å²) in [4.78, 5) is 0. The van der Waals surface area contributed by atoms with Crippen LogP contribution in [0.2, 0.25) is 5.02 Å². The molecule has 0 saturated heterocycles. The number of ether oxygens (including phenoxy) is 1. The molecule has 2 rings (SSSR count). The number of anilines is 1. The lowest BCUT2D eigenvalue weighted by molar-refractivity contribution is 0.412. The van der Waals surface area contributed by atoms with Crippen LogP contribution in [-0.2, 0) is 6.42 Å². The fourth-order valence-corrected chi connectivity index (χ4v) is 2.91. The second kappa shape index (κ2) is 3.99. The minimum atomic E-state index is 0.668. The molecule has 0 radical (unpaired) electrons. The van der Waals surface area contributed by atoms with Gasteiger partial charge in [-0.25, -0.2) is 0 Å². The standard InChI is InChI=1S/C10H11BrClNO/c1-14-10-7(12)5-6-3-2-4-13-9(6)8(10)11/h5,13H,2-4H2,1H3. The molecule has 0 amide bonds. The zero-order valence-electron chi connectivity index (χ0n) is 7.86. The number of hydrogen-bond donors (Lipinski definition) is 1. The van der Waals surface area contributed by atoms with Crippen molar-refractivity contribution in [2.24, 2.45) is 0 Å². The van der Waals surface area contributed by atoms with Crippen molar-refractivity contribution >= 4 is 33.2 Å². The lowest BCUT2D eigenvalue weighted by Gasteiger charge is -2.21. The molecule has 1 N–H and O–H groups in total. The van der Waals surface area contributed by atoms with Crippen molar-refractivity contribution in [2.75, 3.05) is 19.0 Å². The minimum absolute atomic E-state index is 0.668. The van der Waals surface area contributed by atoms with Crippen LogP contribution in [0.5, 0.6) is 5.75 Å². The van der Waals surface area contributed by atoms with E-state index in [1.165, 1.54) is 5.56 Å². The van der Waals surface area contributed by atoms with Crippen molar-refractivity contribution in [2.45, 2.75) is 12.8 Å². The largest absolute Gasteiger partial charge is 0.494 e. The topological polar surface area (TPSA) is 21.3 Å². The van der Waals surface area contributed by atoms with Gasteiger partial charge in [0.15, 0.2) is 5.75 Å². The van der Waals surface area contributed by atoms with Crippen LogP contribution in [0.1, 0.15) is 12.0 Å². The first-order chi connectivity index (χ1) is 6.74. The van der Waals surface area contributed by atoms with Crippen molar-refractivity contribution in [3.8, 4) is 5.75 Å². The molecule has 1 aromatic rings. The maximum absolute atomic E-state index is 6.08. The predicted molar refractivity (Wildman–Crippen MR) is 62.5 cm³/mol. The molecule has 1 aliphatic heterocycles. The summed E-state index contributed by atoms with van der Waals surface area (Å²) in [7, 11) is 1.63. The summed E-state index contributed by atoms with van der Waals surface area (Å²) in [6.45, 7) is 1.01. The second-order valence-corrected chi connectivity index (χ2v) is 4.47. The number of fused-ring (bicyclic) bond motifs is 1. The van der Waals surface area contributed by atoms with Crippen LogP contribution in [0.4, 0.5) is 5.69 Å². The summed E-state index contributed by atoms with van der Waals surface area (Å²) in [6.07, 6.45) is 2.23. The van der Waals surface area contributed by atoms with E-state index in [4.69, 9.17) is 16.3 Å².